The minimum absolute atomic E-state index is 0.291. The molecule has 2 aromatic rings. The molecular weight excluding hydrogens is 424 g/mol. The van der Waals surface area contributed by atoms with Crippen LogP contribution in [-0.4, -0.2) is 59.8 Å². The lowest BCUT2D eigenvalue weighted by Crippen LogP contribution is -2.43. The van der Waals surface area contributed by atoms with Gasteiger partial charge in [0.1, 0.15) is 11.7 Å². The third kappa shape index (κ3) is 5.86. The van der Waals surface area contributed by atoms with E-state index in [0.717, 1.165) is 22.2 Å². The zero-order valence-electron chi connectivity index (χ0n) is 20.3. The van der Waals surface area contributed by atoms with Crippen LogP contribution in [0, 0.1) is 5.92 Å². The minimum atomic E-state index is -0.646. The van der Waals surface area contributed by atoms with Crippen molar-refractivity contribution in [1.29, 1.82) is 0 Å². The van der Waals surface area contributed by atoms with E-state index < -0.39 is 29.7 Å². The number of esters is 2. The molecule has 0 saturated carbocycles. The van der Waals surface area contributed by atoms with E-state index in [9.17, 15) is 14.4 Å². The van der Waals surface area contributed by atoms with Crippen molar-refractivity contribution in [1.82, 2.24) is 9.88 Å². The van der Waals surface area contributed by atoms with Crippen LogP contribution in [0.3, 0.4) is 0 Å². The summed E-state index contributed by atoms with van der Waals surface area (Å²) in [6.45, 7) is 9.31. The number of para-hydroxylation sites is 1. The number of hydrogen-bond donors (Lipinski definition) is 1. The van der Waals surface area contributed by atoms with Crippen LogP contribution in [0.1, 0.15) is 58.2 Å². The number of methoxy groups -OCH3 is 1. The van der Waals surface area contributed by atoms with Crippen molar-refractivity contribution >= 4 is 28.9 Å². The number of H-pyrrole nitrogens is 1. The van der Waals surface area contributed by atoms with E-state index in [0.29, 0.717) is 25.9 Å². The topological polar surface area (TPSA) is 97.9 Å². The predicted molar refractivity (Wildman–Crippen MR) is 124 cm³/mol. The summed E-state index contributed by atoms with van der Waals surface area (Å²) in [6.07, 6.45) is -0.0491. The highest BCUT2D eigenvalue weighted by atomic mass is 16.6. The lowest BCUT2D eigenvalue weighted by Gasteiger charge is -2.32. The fourth-order valence-electron chi connectivity index (χ4n) is 4.45. The molecule has 0 aliphatic carbocycles. The van der Waals surface area contributed by atoms with Crippen molar-refractivity contribution in [3.63, 3.8) is 0 Å². The van der Waals surface area contributed by atoms with Crippen molar-refractivity contribution in [3.8, 4) is 0 Å². The van der Waals surface area contributed by atoms with Crippen molar-refractivity contribution in [2.24, 2.45) is 5.92 Å². The Morgan fingerprint density at radius 3 is 2.52 bits per heavy atom. The molecule has 1 aromatic heterocycles. The molecule has 180 valence electrons. The van der Waals surface area contributed by atoms with Crippen molar-refractivity contribution < 1.29 is 28.6 Å². The first-order valence-corrected chi connectivity index (χ1v) is 11.3. The number of carbonyl (C=O) groups excluding carboxylic acids is 3. The molecule has 1 aliphatic rings. The van der Waals surface area contributed by atoms with Crippen LogP contribution in [0.5, 0.6) is 0 Å². The number of ether oxygens (including phenoxy) is 3. The maximum absolute atomic E-state index is 13.1. The molecule has 1 N–H and O–H groups in total. The first-order valence-electron chi connectivity index (χ1n) is 11.3. The van der Waals surface area contributed by atoms with Gasteiger partial charge in [-0.15, -0.1) is 0 Å². The van der Waals surface area contributed by atoms with E-state index in [4.69, 9.17) is 14.2 Å². The standard InChI is InChI=1S/C25H34N2O6/c1-15(32-16(2)28)17-13-20(23(29)31-6)22-19(18-9-7-8-10-21(18)26-22)11-12-27(14-17)24(30)33-25(3,4)5/h7-10,15,17,20,26H,11-14H2,1-6H3/t15-,17+,20+/m1/s1. The first-order chi connectivity index (χ1) is 15.5. The number of nitrogens with one attached hydrogen (secondary N) is 1. The average molecular weight is 459 g/mol. The van der Waals surface area contributed by atoms with Crippen LogP contribution in [0.25, 0.3) is 10.9 Å². The smallest absolute Gasteiger partial charge is 0.410 e. The molecule has 33 heavy (non-hydrogen) atoms. The molecular formula is C25H34N2O6. The fourth-order valence-corrected chi connectivity index (χ4v) is 4.45. The summed E-state index contributed by atoms with van der Waals surface area (Å²) < 4.78 is 16.3. The monoisotopic (exact) mass is 458 g/mol. The van der Waals surface area contributed by atoms with Crippen LogP contribution < -0.4 is 0 Å². The van der Waals surface area contributed by atoms with Crippen molar-refractivity contribution in [3.05, 3.63) is 35.5 Å². The van der Waals surface area contributed by atoms with Gasteiger partial charge in [0, 0.05) is 42.5 Å². The number of hydrogen-bond acceptors (Lipinski definition) is 6. The Morgan fingerprint density at radius 1 is 1.18 bits per heavy atom. The summed E-state index contributed by atoms with van der Waals surface area (Å²) in [4.78, 5) is 42.7. The molecule has 8 heteroatoms. The normalized spacial score (nSPS) is 20.1. The van der Waals surface area contributed by atoms with Gasteiger partial charge < -0.3 is 24.1 Å². The highest BCUT2D eigenvalue weighted by Gasteiger charge is 2.37. The summed E-state index contributed by atoms with van der Waals surface area (Å²) >= 11 is 0. The molecule has 0 spiro atoms. The van der Waals surface area contributed by atoms with Gasteiger partial charge in [0.2, 0.25) is 0 Å². The number of nitrogens with zero attached hydrogens (tertiary/aromatic N) is 1. The molecule has 3 rings (SSSR count). The molecule has 0 unspecified atom stereocenters. The second-order valence-electron chi connectivity index (χ2n) is 9.63. The van der Waals surface area contributed by atoms with Gasteiger partial charge in [-0.05, 0) is 52.2 Å². The summed E-state index contributed by atoms with van der Waals surface area (Å²) in [7, 11) is 1.37. The molecule has 0 bridgehead atoms. The summed E-state index contributed by atoms with van der Waals surface area (Å²) in [6, 6.07) is 7.86. The van der Waals surface area contributed by atoms with Gasteiger partial charge in [0.05, 0.1) is 13.0 Å². The lowest BCUT2D eigenvalue weighted by atomic mass is 9.87. The average Bonchev–Trinajstić information content (AvgIpc) is 3.11. The lowest BCUT2D eigenvalue weighted by molar-refractivity contribution is -0.149. The van der Waals surface area contributed by atoms with E-state index in [-0.39, 0.29) is 11.9 Å². The van der Waals surface area contributed by atoms with Gasteiger partial charge in [-0.2, -0.15) is 0 Å². The molecule has 0 radical (unpaired) electrons. The van der Waals surface area contributed by atoms with Gasteiger partial charge in [-0.25, -0.2) is 4.79 Å². The summed E-state index contributed by atoms with van der Waals surface area (Å²) in [5, 5.41) is 1.01. The Bertz CT molecular complexity index is 1020. The van der Waals surface area contributed by atoms with Gasteiger partial charge in [0.25, 0.3) is 0 Å². The number of amides is 1. The van der Waals surface area contributed by atoms with E-state index in [2.05, 4.69) is 4.98 Å². The number of rotatable bonds is 3. The number of benzene rings is 1. The molecule has 3 atom stereocenters. The van der Waals surface area contributed by atoms with E-state index in [1.807, 2.05) is 45.0 Å². The molecule has 1 amide bonds. The Kier molecular flexibility index (Phi) is 7.34. The van der Waals surface area contributed by atoms with Crippen LogP contribution in [0.15, 0.2) is 24.3 Å². The van der Waals surface area contributed by atoms with E-state index >= 15 is 0 Å². The summed E-state index contributed by atoms with van der Waals surface area (Å²) in [5.74, 6) is -1.66. The Labute approximate surface area is 194 Å². The maximum Gasteiger partial charge on any atom is 0.410 e. The molecule has 1 aromatic carbocycles. The molecule has 2 heterocycles. The Balaban J connectivity index is 2.08. The van der Waals surface area contributed by atoms with E-state index in [1.54, 1.807) is 11.8 Å². The van der Waals surface area contributed by atoms with Gasteiger partial charge in [-0.3, -0.25) is 9.59 Å². The number of carbonyl (C=O) groups is 3. The van der Waals surface area contributed by atoms with E-state index in [1.165, 1.54) is 14.0 Å². The second-order valence-corrected chi connectivity index (χ2v) is 9.63. The highest BCUT2D eigenvalue weighted by molar-refractivity contribution is 5.88. The Hall–Kier alpha value is -3.03. The molecule has 0 fully saturated rings. The fraction of sp³-hybridized carbons (Fsp3) is 0.560. The minimum Gasteiger partial charge on any atom is -0.469 e. The van der Waals surface area contributed by atoms with Crippen LogP contribution in [-0.2, 0) is 30.2 Å². The zero-order chi connectivity index (χ0) is 24.3. The molecule has 1 aliphatic heterocycles. The van der Waals surface area contributed by atoms with Gasteiger partial charge >= 0.3 is 18.0 Å². The number of fused-ring (bicyclic) bond motifs is 3. The zero-order valence-corrected chi connectivity index (χ0v) is 20.3. The summed E-state index contributed by atoms with van der Waals surface area (Å²) in [5.41, 5.74) is 2.04. The van der Waals surface area contributed by atoms with Crippen molar-refractivity contribution in [2.75, 3.05) is 20.2 Å². The second kappa shape index (κ2) is 9.85. The first kappa shape index (κ1) is 24.6. The largest absolute Gasteiger partial charge is 0.469 e. The maximum atomic E-state index is 13.1. The van der Waals surface area contributed by atoms with Crippen LogP contribution in [0.2, 0.25) is 0 Å². The molecule has 8 nitrogen and oxygen atoms in total. The van der Waals surface area contributed by atoms with Gasteiger partial charge in [0.15, 0.2) is 0 Å². The third-order valence-corrected chi connectivity index (χ3v) is 5.97. The van der Waals surface area contributed by atoms with Gasteiger partial charge in [-0.1, -0.05) is 18.2 Å². The SMILES string of the molecule is COC(=O)[C@H]1C[C@H]([C@@H](C)OC(C)=O)CN(C(=O)OC(C)(C)C)CCc2c1[nH]c1ccccc21. The van der Waals surface area contributed by atoms with Crippen LogP contribution >= 0.6 is 0 Å². The predicted octanol–water partition coefficient (Wildman–Crippen LogP) is 4.18. The number of aromatic amines is 1. The van der Waals surface area contributed by atoms with Crippen LogP contribution in [0.4, 0.5) is 4.79 Å². The quantitative estimate of drug-likeness (QED) is 0.547. The molecule has 0 saturated heterocycles. The number of aromatic nitrogens is 1. The van der Waals surface area contributed by atoms with Crippen molar-refractivity contribution in [2.45, 2.75) is 65.1 Å². The Morgan fingerprint density at radius 2 is 1.88 bits per heavy atom. The third-order valence-electron chi connectivity index (χ3n) is 5.97. The highest BCUT2D eigenvalue weighted by Crippen LogP contribution is 2.36.